The topological polar surface area (TPSA) is 74.8 Å². The van der Waals surface area contributed by atoms with Crippen molar-refractivity contribution in [3.8, 4) is 0 Å². The molecule has 108 valence electrons. The molecule has 1 heterocycles. The highest BCUT2D eigenvalue weighted by Gasteiger charge is 2.26. The Balaban J connectivity index is 2.04. The van der Waals surface area contributed by atoms with Crippen LogP contribution in [0.1, 0.15) is 38.4 Å². The molecule has 0 radical (unpaired) electrons. The number of sulfonamides is 1. The van der Waals surface area contributed by atoms with E-state index in [1.54, 1.807) is 0 Å². The van der Waals surface area contributed by atoms with Gasteiger partial charge < -0.3 is 4.98 Å². The second kappa shape index (κ2) is 6.37. The van der Waals surface area contributed by atoms with Crippen LogP contribution in [0.4, 0.5) is 0 Å². The lowest BCUT2D eigenvalue weighted by molar-refractivity contribution is 0.332. The summed E-state index contributed by atoms with van der Waals surface area (Å²) >= 11 is 3.48. The van der Waals surface area contributed by atoms with E-state index >= 15 is 0 Å². The fourth-order valence-electron chi connectivity index (χ4n) is 2.48. The zero-order chi connectivity index (χ0) is 13.9. The van der Waals surface area contributed by atoms with Gasteiger partial charge in [0, 0.05) is 17.8 Å². The third-order valence-electron chi connectivity index (χ3n) is 3.55. The molecule has 1 aliphatic carbocycles. The Morgan fingerprint density at radius 3 is 2.95 bits per heavy atom. The van der Waals surface area contributed by atoms with Crippen LogP contribution >= 0.6 is 15.9 Å². The molecule has 1 aliphatic rings. The number of aromatic amines is 1. The van der Waals surface area contributed by atoms with Gasteiger partial charge in [-0.2, -0.15) is 0 Å². The van der Waals surface area contributed by atoms with Gasteiger partial charge in [0.05, 0.1) is 6.20 Å². The van der Waals surface area contributed by atoms with E-state index in [2.05, 4.69) is 30.6 Å². The molecule has 5 nitrogen and oxygen atoms in total. The van der Waals surface area contributed by atoms with Gasteiger partial charge in [-0.05, 0) is 25.2 Å². The number of hydrogen-bond donors (Lipinski definition) is 2. The molecular formula is C12H20BrN3O2S. The first-order valence-electron chi connectivity index (χ1n) is 6.67. The summed E-state index contributed by atoms with van der Waals surface area (Å²) in [5.41, 5.74) is 0. The number of alkyl halides is 1. The van der Waals surface area contributed by atoms with E-state index in [0.29, 0.717) is 18.2 Å². The Labute approximate surface area is 122 Å². The average Bonchev–Trinajstić information content (AvgIpc) is 2.88. The average molecular weight is 350 g/mol. The molecule has 0 spiro atoms. The molecule has 1 saturated carbocycles. The van der Waals surface area contributed by atoms with Crippen molar-refractivity contribution in [2.75, 3.05) is 5.33 Å². The summed E-state index contributed by atoms with van der Waals surface area (Å²) in [6, 6.07) is 0.0367. The molecule has 0 aromatic carbocycles. The van der Waals surface area contributed by atoms with E-state index in [4.69, 9.17) is 0 Å². The first-order chi connectivity index (χ1) is 9.05. The fraction of sp³-hybridized carbons (Fsp3) is 0.750. The molecule has 1 fully saturated rings. The van der Waals surface area contributed by atoms with Crippen LogP contribution in [-0.4, -0.2) is 29.8 Å². The van der Waals surface area contributed by atoms with Crippen LogP contribution in [0.15, 0.2) is 11.2 Å². The summed E-state index contributed by atoms with van der Waals surface area (Å²) in [7, 11) is -3.46. The molecule has 1 aromatic rings. The molecule has 19 heavy (non-hydrogen) atoms. The van der Waals surface area contributed by atoms with Gasteiger partial charge in [0.1, 0.15) is 5.82 Å². The van der Waals surface area contributed by atoms with E-state index < -0.39 is 10.0 Å². The summed E-state index contributed by atoms with van der Waals surface area (Å²) in [6.07, 6.45) is 6.16. The molecule has 2 N–H and O–H groups in total. The molecule has 0 bridgehead atoms. The number of H-pyrrole nitrogens is 1. The number of nitrogens with one attached hydrogen (secondary N) is 2. The number of halogens is 1. The van der Waals surface area contributed by atoms with Gasteiger partial charge in [-0.25, -0.2) is 18.1 Å². The maximum absolute atomic E-state index is 12.2. The Hall–Kier alpha value is -0.400. The van der Waals surface area contributed by atoms with Crippen molar-refractivity contribution >= 4 is 26.0 Å². The Kier molecular flexibility index (Phi) is 5.03. The highest BCUT2D eigenvalue weighted by molar-refractivity contribution is 9.09. The number of hydrogen-bond acceptors (Lipinski definition) is 3. The zero-order valence-electron chi connectivity index (χ0n) is 11.0. The minimum Gasteiger partial charge on any atom is -0.332 e. The van der Waals surface area contributed by atoms with Crippen LogP contribution in [0.2, 0.25) is 0 Å². The number of aromatic nitrogens is 2. The lowest BCUT2D eigenvalue weighted by Crippen LogP contribution is -2.38. The predicted octanol–water partition coefficient (Wildman–Crippen LogP) is 2.20. The van der Waals surface area contributed by atoms with E-state index in [-0.39, 0.29) is 11.1 Å². The first-order valence-corrected chi connectivity index (χ1v) is 9.27. The SMILES string of the molecule is CCc1ncc(S(=O)(=O)NC2CCCC(CBr)C2)[nH]1. The van der Waals surface area contributed by atoms with Crippen molar-refractivity contribution in [2.24, 2.45) is 5.92 Å². The van der Waals surface area contributed by atoms with Gasteiger partial charge in [-0.15, -0.1) is 0 Å². The van der Waals surface area contributed by atoms with Crippen LogP contribution < -0.4 is 4.72 Å². The number of aryl methyl sites for hydroxylation is 1. The van der Waals surface area contributed by atoms with E-state index in [9.17, 15) is 8.42 Å². The highest BCUT2D eigenvalue weighted by atomic mass is 79.9. The molecule has 2 unspecified atom stereocenters. The summed E-state index contributed by atoms with van der Waals surface area (Å²) in [5.74, 6) is 1.26. The Morgan fingerprint density at radius 2 is 2.32 bits per heavy atom. The van der Waals surface area contributed by atoms with Crippen LogP contribution in [0.25, 0.3) is 0 Å². The summed E-state index contributed by atoms with van der Waals surface area (Å²) in [5, 5.41) is 1.11. The molecule has 0 amide bonds. The second-order valence-corrected chi connectivity index (χ2v) is 7.38. The van der Waals surface area contributed by atoms with Crippen molar-refractivity contribution in [3.63, 3.8) is 0 Å². The highest BCUT2D eigenvalue weighted by Crippen LogP contribution is 2.26. The zero-order valence-corrected chi connectivity index (χ0v) is 13.4. The maximum Gasteiger partial charge on any atom is 0.257 e. The number of nitrogens with zero attached hydrogens (tertiary/aromatic N) is 1. The van der Waals surface area contributed by atoms with Gasteiger partial charge in [-0.1, -0.05) is 29.3 Å². The lowest BCUT2D eigenvalue weighted by atomic mass is 9.88. The molecule has 1 aromatic heterocycles. The summed E-state index contributed by atoms with van der Waals surface area (Å²) in [4.78, 5) is 6.89. The number of imidazole rings is 1. The molecule has 2 atom stereocenters. The lowest BCUT2D eigenvalue weighted by Gasteiger charge is -2.28. The van der Waals surface area contributed by atoms with Crippen molar-refractivity contribution in [3.05, 3.63) is 12.0 Å². The van der Waals surface area contributed by atoms with Crippen molar-refractivity contribution in [1.82, 2.24) is 14.7 Å². The van der Waals surface area contributed by atoms with Crippen molar-refractivity contribution in [2.45, 2.75) is 50.1 Å². The van der Waals surface area contributed by atoms with Gasteiger partial charge in [-0.3, -0.25) is 0 Å². The van der Waals surface area contributed by atoms with Crippen LogP contribution in [-0.2, 0) is 16.4 Å². The smallest absolute Gasteiger partial charge is 0.257 e. The standard InChI is InChI=1S/C12H20BrN3O2S/c1-2-11-14-8-12(15-11)19(17,18)16-10-5-3-4-9(6-10)7-13/h8-10,16H,2-7H2,1H3,(H,14,15). The molecule has 7 heteroatoms. The monoisotopic (exact) mass is 349 g/mol. The maximum atomic E-state index is 12.2. The minimum absolute atomic E-state index is 0.0367. The van der Waals surface area contributed by atoms with Crippen molar-refractivity contribution in [1.29, 1.82) is 0 Å². The fourth-order valence-corrected chi connectivity index (χ4v) is 4.29. The minimum atomic E-state index is -3.46. The number of rotatable bonds is 5. The molecule has 0 saturated heterocycles. The summed E-state index contributed by atoms with van der Waals surface area (Å²) in [6.45, 7) is 1.93. The van der Waals surface area contributed by atoms with Gasteiger partial charge in [0.25, 0.3) is 10.0 Å². The first kappa shape index (κ1) is 15.0. The predicted molar refractivity (Wildman–Crippen MR) is 77.8 cm³/mol. The van der Waals surface area contributed by atoms with E-state index in [0.717, 1.165) is 24.6 Å². The van der Waals surface area contributed by atoms with Crippen LogP contribution in [0.3, 0.4) is 0 Å². The normalized spacial score (nSPS) is 24.5. The Bertz CT molecular complexity index is 515. The molecule has 2 rings (SSSR count). The summed E-state index contributed by atoms with van der Waals surface area (Å²) < 4.78 is 27.3. The third-order valence-corrected chi connectivity index (χ3v) is 5.90. The van der Waals surface area contributed by atoms with Crippen LogP contribution in [0.5, 0.6) is 0 Å². The van der Waals surface area contributed by atoms with E-state index in [1.807, 2.05) is 6.92 Å². The largest absolute Gasteiger partial charge is 0.332 e. The third kappa shape index (κ3) is 3.79. The Morgan fingerprint density at radius 1 is 1.53 bits per heavy atom. The van der Waals surface area contributed by atoms with Gasteiger partial charge >= 0.3 is 0 Å². The van der Waals surface area contributed by atoms with Gasteiger partial charge in [0.2, 0.25) is 0 Å². The quantitative estimate of drug-likeness (QED) is 0.800. The second-order valence-electron chi connectivity index (χ2n) is 5.05. The molecular weight excluding hydrogens is 330 g/mol. The van der Waals surface area contributed by atoms with Crippen LogP contribution in [0, 0.1) is 5.92 Å². The molecule has 0 aliphatic heterocycles. The van der Waals surface area contributed by atoms with E-state index in [1.165, 1.54) is 12.6 Å². The van der Waals surface area contributed by atoms with Gasteiger partial charge in [0.15, 0.2) is 5.03 Å². The van der Waals surface area contributed by atoms with Crippen molar-refractivity contribution < 1.29 is 8.42 Å².